The SMILES string of the molecule is CCCCCCCC(=O)CCCS(C)(=O)=O. The topological polar surface area (TPSA) is 51.2 Å². The third kappa shape index (κ3) is 11.7. The van der Waals surface area contributed by atoms with Crippen LogP contribution >= 0.6 is 0 Å². The van der Waals surface area contributed by atoms with Crippen molar-refractivity contribution in [3.63, 3.8) is 0 Å². The molecule has 0 amide bonds. The maximum Gasteiger partial charge on any atom is 0.147 e. The van der Waals surface area contributed by atoms with Crippen molar-refractivity contribution < 1.29 is 13.2 Å². The Bertz CT molecular complexity index is 281. The molecule has 0 aromatic rings. The number of ketones is 1. The molecule has 0 aliphatic carbocycles. The molecule has 16 heavy (non-hydrogen) atoms. The van der Waals surface area contributed by atoms with Gasteiger partial charge >= 0.3 is 0 Å². The summed E-state index contributed by atoms with van der Waals surface area (Å²) in [5, 5.41) is 0. The Morgan fingerprint density at radius 1 is 0.938 bits per heavy atom. The first-order chi connectivity index (χ1) is 7.45. The van der Waals surface area contributed by atoms with Crippen molar-refractivity contribution in [2.24, 2.45) is 0 Å². The normalized spacial score (nSPS) is 11.6. The van der Waals surface area contributed by atoms with Gasteiger partial charge in [-0.25, -0.2) is 8.42 Å². The summed E-state index contributed by atoms with van der Waals surface area (Å²) in [6.45, 7) is 2.16. The molecule has 0 aliphatic heterocycles. The number of unbranched alkanes of at least 4 members (excludes halogenated alkanes) is 4. The zero-order valence-electron chi connectivity index (χ0n) is 10.5. The van der Waals surface area contributed by atoms with Crippen molar-refractivity contribution in [2.75, 3.05) is 12.0 Å². The van der Waals surface area contributed by atoms with Crippen LogP contribution in [0.25, 0.3) is 0 Å². The van der Waals surface area contributed by atoms with Crippen LogP contribution in [0.4, 0.5) is 0 Å². The van der Waals surface area contributed by atoms with Crippen LogP contribution in [0.2, 0.25) is 0 Å². The van der Waals surface area contributed by atoms with Crippen molar-refractivity contribution in [1.29, 1.82) is 0 Å². The van der Waals surface area contributed by atoms with Gasteiger partial charge in [-0.2, -0.15) is 0 Å². The van der Waals surface area contributed by atoms with Crippen LogP contribution in [0.15, 0.2) is 0 Å². The molecule has 0 aliphatic rings. The Balaban J connectivity index is 3.38. The standard InChI is InChI=1S/C12H24O3S/c1-3-4-5-6-7-9-12(13)10-8-11-16(2,14)15/h3-11H2,1-2H3. The Kier molecular flexibility index (Phi) is 8.53. The lowest BCUT2D eigenvalue weighted by atomic mass is 10.1. The van der Waals surface area contributed by atoms with Crippen LogP contribution in [-0.2, 0) is 14.6 Å². The fraction of sp³-hybridized carbons (Fsp3) is 0.917. The second kappa shape index (κ2) is 8.74. The first-order valence-electron chi connectivity index (χ1n) is 6.15. The van der Waals surface area contributed by atoms with Crippen molar-refractivity contribution >= 4 is 15.6 Å². The largest absolute Gasteiger partial charge is 0.300 e. The summed E-state index contributed by atoms with van der Waals surface area (Å²) >= 11 is 0. The first-order valence-corrected chi connectivity index (χ1v) is 8.21. The molecule has 0 aromatic heterocycles. The molecular formula is C12H24O3S. The average molecular weight is 248 g/mol. The van der Waals surface area contributed by atoms with E-state index in [1.807, 2.05) is 0 Å². The molecule has 0 bridgehead atoms. The van der Waals surface area contributed by atoms with E-state index in [4.69, 9.17) is 0 Å². The highest BCUT2D eigenvalue weighted by atomic mass is 32.2. The average Bonchev–Trinajstić information content (AvgIpc) is 2.15. The molecule has 0 atom stereocenters. The van der Waals surface area contributed by atoms with Gasteiger partial charge in [0, 0.05) is 19.1 Å². The van der Waals surface area contributed by atoms with Gasteiger partial charge in [0.15, 0.2) is 0 Å². The quantitative estimate of drug-likeness (QED) is 0.559. The molecule has 96 valence electrons. The van der Waals surface area contributed by atoms with Crippen LogP contribution in [0.3, 0.4) is 0 Å². The summed E-state index contributed by atoms with van der Waals surface area (Å²) < 4.78 is 21.7. The Hall–Kier alpha value is -0.380. The highest BCUT2D eigenvalue weighted by Crippen LogP contribution is 2.07. The van der Waals surface area contributed by atoms with E-state index < -0.39 is 9.84 Å². The van der Waals surface area contributed by atoms with Gasteiger partial charge in [-0.1, -0.05) is 32.6 Å². The summed E-state index contributed by atoms with van der Waals surface area (Å²) in [6, 6.07) is 0. The molecule has 0 spiro atoms. The van der Waals surface area contributed by atoms with E-state index in [1.165, 1.54) is 25.5 Å². The van der Waals surface area contributed by atoms with Crippen molar-refractivity contribution in [1.82, 2.24) is 0 Å². The molecule has 0 N–H and O–H groups in total. The molecule has 0 saturated carbocycles. The second-order valence-electron chi connectivity index (χ2n) is 4.44. The minimum Gasteiger partial charge on any atom is -0.300 e. The summed E-state index contributed by atoms with van der Waals surface area (Å²) in [7, 11) is -2.90. The monoisotopic (exact) mass is 248 g/mol. The molecule has 0 fully saturated rings. The lowest BCUT2D eigenvalue weighted by Gasteiger charge is -2.01. The maximum absolute atomic E-state index is 11.4. The number of Topliss-reactive ketones (excluding diaryl/α,β-unsaturated/α-hetero) is 1. The molecule has 0 heterocycles. The molecule has 0 aromatic carbocycles. The van der Waals surface area contributed by atoms with E-state index >= 15 is 0 Å². The first kappa shape index (κ1) is 15.6. The molecule has 0 saturated heterocycles. The number of hydrogen-bond donors (Lipinski definition) is 0. The predicted octanol–water partition coefficient (Wildman–Crippen LogP) is 2.74. The van der Waals surface area contributed by atoms with E-state index in [2.05, 4.69) is 6.92 Å². The molecule has 3 nitrogen and oxygen atoms in total. The lowest BCUT2D eigenvalue weighted by Crippen LogP contribution is -2.06. The van der Waals surface area contributed by atoms with Gasteiger partial charge in [0.2, 0.25) is 0 Å². The van der Waals surface area contributed by atoms with Gasteiger partial charge < -0.3 is 0 Å². The van der Waals surface area contributed by atoms with E-state index in [1.54, 1.807) is 0 Å². The van der Waals surface area contributed by atoms with Crippen LogP contribution in [-0.4, -0.2) is 26.2 Å². The zero-order valence-corrected chi connectivity index (χ0v) is 11.3. The number of carbonyl (C=O) groups is 1. The summed E-state index contributed by atoms with van der Waals surface area (Å²) in [5.41, 5.74) is 0. The Morgan fingerprint density at radius 3 is 2.06 bits per heavy atom. The van der Waals surface area contributed by atoms with Crippen LogP contribution < -0.4 is 0 Å². The van der Waals surface area contributed by atoms with Crippen molar-refractivity contribution in [3.8, 4) is 0 Å². The molecule has 0 radical (unpaired) electrons. The van der Waals surface area contributed by atoms with E-state index in [0.717, 1.165) is 12.8 Å². The van der Waals surface area contributed by atoms with Gasteiger partial charge in [-0.05, 0) is 12.8 Å². The van der Waals surface area contributed by atoms with Crippen LogP contribution in [0.1, 0.15) is 58.3 Å². The molecule has 4 heteroatoms. The Morgan fingerprint density at radius 2 is 1.50 bits per heavy atom. The summed E-state index contributed by atoms with van der Waals surface area (Å²) in [5.74, 6) is 0.342. The van der Waals surface area contributed by atoms with Gasteiger partial charge in [0.1, 0.15) is 15.6 Å². The number of carbonyl (C=O) groups excluding carboxylic acids is 1. The van der Waals surface area contributed by atoms with Gasteiger partial charge in [0.05, 0.1) is 5.75 Å². The Labute approximate surface area is 99.5 Å². The van der Waals surface area contributed by atoms with Crippen LogP contribution in [0.5, 0.6) is 0 Å². The fourth-order valence-electron chi connectivity index (χ4n) is 1.58. The second-order valence-corrected chi connectivity index (χ2v) is 6.70. The van der Waals surface area contributed by atoms with E-state index in [9.17, 15) is 13.2 Å². The third-order valence-corrected chi connectivity index (χ3v) is 3.56. The highest BCUT2D eigenvalue weighted by molar-refractivity contribution is 7.90. The number of sulfone groups is 1. The minimum absolute atomic E-state index is 0.134. The van der Waals surface area contributed by atoms with E-state index in [0.29, 0.717) is 19.3 Å². The minimum atomic E-state index is -2.90. The zero-order chi connectivity index (χ0) is 12.4. The lowest BCUT2D eigenvalue weighted by molar-refractivity contribution is -0.119. The molecular weight excluding hydrogens is 224 g/mol. The highest BCUT2D eigenvalue weighted by Gasteiger charge is 2.05. The molecule has 0 unspecified atom stereocenters. The van der Waals surface area contributed by atoms with Gasteiger partial charge in [0.25, 0.3) is 0 Å². The third-order valence-electron chi connectivity index (χ3n) is 2.53. The van der Waals surface area contributed by atoms with Crippen molar-refractivity contribution in [2.45, 2.75) is 58.3 Å². The fourth-order valence-corrected chi connectivity index (χ4v) is 2.25. The van der Waals surface area contributed by atoms with E-state index in [-0.39, 0.29) is 11.5 Å². The van der Waals surface area contributed by atoms with Gasteiger partial charge in [-0.3, -0.25) is 4.79 Å². The summed E-state index contributed by atoms with van der Waals surface area (Å²) in [6.07, 6.45) is 8.45. The smallest absolute Gasteiger partial charge is 0.147 e. The predicted molar refractivity (Wildman–Crippen MR) is 67.3 cm³/mol. The summed E-state index contributed by atoms with van der Waals surface area (Å²) in [4.78, 5) is 11.4. The molecule has 0 rings (SSSR count). The number of hydrogen-bond acceptors (Lipinski definition) is 3. The van der Waals surface area contributed by atoms with Crippen LogP contribution in [0, 0.1) is 0 Å². The van der Waals surface area contributed by atoms with Crippen molar-refractivity contribution in [3.05, 3.63) is 0 Å². The van der Waals surface area contributed by atoms with Gasteiger partial charge in [-0.15, -0.1) is 0 Å². The maximum atomic E-state index is 11.4. The number of rotatable bonds is 10.